The van der Waals surface area contributed by atoms with Crippen LogP contribution in [0.15, 0.2) is 18.2 Å². The van der Waals surface area contributed by atoms with E-state index < -0.39 is 4.92 Å². The van der Waals surface area contributed by atoms with Gasteiger partial charge in [-0.1, -0.05) is 25.4 Å². The van der Waals surface area contributed by atoms with Gasteiger partial charge in [-0.3, -0.25) is 10.1 Å². The van der Waals surface area contributed by atoms with Gasteiger partial charge in [0.25, 0.3) is 5.69 Å². The number of nitrogens with one attached hydrogen (secondary N) is 1. The molecule has 0 bridgehead atoms. The summed E-state index contributed by atoms with van der Waals surface area (Å²) in [6, 6.07) is 4.37. The van der Waals surface area contributed by atoms with Gasteiger partial charge in [-0.05, 0) is 17.5 Å². The maximum absolute atomic E-state index is 10.6. The van der Waals surface area contributed by atoms with Gasteiger partial charge in [0.15, 0.2) is 0 Å². The third-order valence-corrected chi connectivity index (χ3v) is 3.16. The standard InChI is InChI=1S/C12H17ClN2O3/c1-8(2)12(7-16)14-6-9-3-4-10(15(17)18)5-11(9)13/h3-5,8,12,14,16H,6-7H2,1-2H3. The summed E-state index contributed by atoms with van der Waals surface area (Å²) in [5.41, 5.74) is 0.757. The largest absolute Gasteiger partial charge is 0.395 e. The lowest BCUT2D eigenvalue weighted by atomic mass is 10.1. The quantitative estimate of drug-likeness (QED) is 0.616. The fourth-order valence-corrected chi connectivity index (χ4v) is 1.79. The average Bonchev–Trinajstić information content (AvgIpc) is 2.30. The minimum Gasteiger partial charge on any atom is -0.395 e. The van der Waals surface area contributed by atoms with E-state index in [2.05, 4.69) is 5.32 Å². The van der Waals surface area contributed by atoms with Crippen LogP contribution >= 0.6 is 11.6 Å². The van der Waals surface area contributed by atoms with Gasteiger partial charge < -0.3 is 10.4 Å². The van der Waals surface area contributed by atoms with Crippen molar-refractivity contribution < 1.29 is 10.0 Å². The number of aliphatic hydroxyl groups excluding tert-OH is 1. The molecule has 6 heteroatoms. The van der Waals surface area contributed by atoms with Crippen LogP contribution in [0.1, 0.15) is 19.4 Å². The number of aliphatic hydroxyl groups is 1. The second-order valence-electron chi connectivity index (χ2n) is 4.45. The summed E-state index contributed by atoms with van der Waals surface area (Å²) < 4.78 is 0. The normalized spacial score (nSPS) is 12.7. The maximum atomic E-state index is 10.6. The van der Waals surface area contributed by atoms with Crippen LogP contribution in [0.3, 0.4) is 0 Å². The van der Waals surface area contributed by atoms with Crippen LogP contribution in [0.4, 0.5) is 5.69 Å². The van der Waals surface area contributed by atoms with Crippen molar-refractivity contribution in [3.63, 3.8) is 0 Å². The van der Waals surface area contributed by atoms with Gasteiger partial charge in [-0.2, -0.15) is 0 Å². The van der Waals surface area contributed by atoms with Crippen molar-refractivity contribution >= 4 is 17.3 Å². The first-order chi connectivity index (χ1) is 8.45. The molecule has 0 aliphatic heterocycles. The molecule has 0 saturated heterocycles. The van der Waals surface area contributed by atoms with Crippen LogP contribution in [0, 0.1) is 16.0 Å². The number of benzene rings is 1. The molecule has 0 saturated carbocycles. The molecule has 2 N–H and O–H groups in total. The lowest BCUT2D eigenvalue weighted by Gasteiger charge is -2.20. The minimum atomic E-state index is -0.478. The Bertz CT molecular complexity index is 424. The number of rotatable bonds is 6. The first-order valence-electron chi connectivity index (χ1n) is 5.72. The molecule has 0 aromatic heterocycles. The highest BCUT2D eigenvalue weighted by molar-refractivity contribution is 6.31. The van der Waals surface area contributed by atoms with E-state index in [1.165, 1.54) is 12.1 Å². The summed E-state index contributed by atoms with van der Waals surface area (Å²) in [4.78, 5) is 10.1. The summed E-state index contributed by atoms with van der Waals surface area (Å²) >= 11 is 5.97. The van der Waals surface area contributed by atoms with Gasteiger partial charge in [0.1, 0.15) is 0 Å². The van der Waals surface area contributed by atoms with Crippen LogP contribution in [0.2, 0.25) is 5.02 Å². The predicted octanol–water partition coefficient (Wildman–Crippen LogP) is 2.35. The van der Waals surface area contributed by atoms with E-state index >= 15 is 0 Å². The van der Waals surface area contributed by atoms with Crippen molar-refractivity contribution in [1.29, 1.82) is 0 Å². The molecule has 0 spiro atoms. The monoisotopic (exact) mass is 272 g/mol. The zero-order chi connectivity index (χ0) is 13.7. The summed E-state index contributed by atoms with van der Waals surface area (Å²) in [6.07, 6.45) is 0. The molecular formula is C12H17ClN2O3. The molecule has 1 unspecified atom stereocenters. The van der Waals surface area contributed by atoms with Crippen LogP contribution < -0.4 is 5.32 Å². The predicted molar refractivity (Wildman–Crippen MR) is 70.7 cm³/mol. The van der Waals surface area contributed by atoms with E-state index in [0.29, 0.717) is 17.5 Å². The van der Waals surface area contributed by atoms with Gasteiger partial charge >= 0.3 is 0 Å². The van der Waals surface area contributed by atoms with E-state index in [4.69, 9.17) is 11.6 Å². The first kappa shape index (κ1) is 14.9. The van der Waals surface area contributed by atoms with Crippen molar-refractivity contribution in [2.75, 3.05) is 6.61 Å². The third kappa shape index (κ3) is 3.94. The topological polar surface area (TPSA) is 75.4 Å². The molecule has 1 atom stereocenters. The molecule has 0 heterocycles. The molecule has 0 aliphatic rings. The highest BCUT2D eigenvalue weighted by Gasteiger charge is 2.13. The smallest absolute Gasteiger partial charge is 0.270 e. The molecular weight excluding hydrogens is 256 g/mol. The van der Waals surface area contributed by atoms with Crippen LogP contribution in [-0.2, 0) is 6.54 Å². The second-order valence-corrected chi connectivity index (χ2v) is 4.85. The van der Waals surface area contributed by atoms with Gasteiger partial charge in [0.05, 0.1) is 16.6 Å². The Balaban J connectivity index is 2.71. The van der Waals surface area contributed by atoms with Crippen LogP contribution in [-0.4, -0.2) is 22.7 Å². The number of hydrogen-bond donors (Lipinski definition) is 2. The first-order valence-corrected chi connectivity index (χ1v) is 6.10. The van der Waals surface area contributed by atoms with Gasteiger partial charge in [0.2, 0.25) is 0 Å². The number of halogens is 1. The summed E-state index contributed by atoms with van der Waals surface area (Å²) in [7, 11) is 0. The lowest BCUT2D eigenvalue weighted by Crippen LogP contribution is -2.36. The molecule has 1 aromatic rings. The van der Waals surface area contributed by atoms with Crippen molar-refractivity contribution in [2.24, 2.45) is 5.92 Å². The van der Waals surface area contributed by atoms with Crippen LogP contribution in [0.25, 0.3) is 0 Å². The fraction of sp³-hybridized carbons (Fsp3) is 0.500. The van der Waals surface area contributed by atoms with E-state index in [1.807, 2.05) is 13.8 Å². The molecule has 18 heavy (non-hydrogen) atoms. The summed E-state index contributed by atoms with van der Waals surface area (Å²) in [6.45, 7) is 4.53. The Kier molecular flexibility index (Phi) is 5.53. The van der Waals surface area contributed by atoms with Crippen LogP contribution in [0.5, 0.6) is 0 Å². The zero-order valence-corrected chi connectivity index (χ0v) is 11.1. The Morgan fingerprint density at radius 3 is 2.61 bits per heavy atom. The molecule has 100 valence electrons. The SMILES string of the molecule is CC(C)C(CO)NCc1ccc([N+](=O)[O-])cc1Cl. The lowest BCUT2D eigenvalue weighted by molar-refractivity contribution is -0.384. The molecule has 0 radical (unpaired) electrons. The minimum absolute atomic E-state index is 0.0174. The van der Waals surface area contributed by atoms with Gasteiger partial charge in [-0.25, -0.2) is 0 Å². The highest BCUT2D eigenvalue weighted by Crippen LogP contribution is 2.22. The number of non-ortho nitro benzene ring substituents is 1. The number of nitrogens with zero attached hydrogens (tertiary/aromatic N) is 1. The second kappa shape index (κ2) is 6.68. The molecule has 0 amide bonds. The van der Waals surface area contributed by atoms with E-state index in [-0.39, 0.29) is 18.3 Å². The maximum Gasteiger partial charge on any atom is 0.270 e. The fourth-order valence-electron chi connectivity index (χ4n) is 1.55. The summed E-state index contributed by atoms with van der Waals surface area (Å²) in [5.74, 6) is 0.298. The molecule has 5 nitrogen and oxygen atoms in total. The Labute approximate surface area is 111 Å². The molecule has 0 aliphatic carbocycles. The zero-order valence-electron chi connectivity index (χ0n) is 10.4. The summed E-state index contributed by atoms with van der Waals surface area (Å²) in [5, 5.41) is 23.3. The molecule has 0 fully saturated rings. The van der Waals surface area contributed by atoms with Gasteiger partial charge in [0, 0.05) is 24.7 Å². The number of nitro benzene ring substituents is 1. The highest BCUT2D eigenvalue weighted by atomic mass is 35.5. The van der Waals surface area contributed by atoms with Gasteiger partial charge in [-0.15, -0.1) is 0 Å². The van der Waals surface area contributed by atoms with Crippen molar-refractivity contribution in [2.45, 2.75) is 26.4 Å². The molecule has 1 rings (SSSR count). The van der Waals surface area contributed by atoms with E-state index in [1.54, 1.807) is 6.07 Å². The number of hydrogen-bond acceptors (Lipinski definition) is 4. The Morgan fingerprint density at radius 2 is 2.17 bits per heavy atom. The van der Waals surface area contributed by atoms with Crippen molar-refractivity contribution in [3.05, 3.63) is 38.9 Å². The molecule has 1 aromatic carbocycles. The average molecular weight is 273 g/mol. The van der Waals surface area contributed by atoms with Crippen molar-refractivity contribution in [3.8, 4) is 0 Å². The number of nitro groups is 1. The van der Waals surface area contributed by atoms with Crippen molar-refractivity contribution in [1.82, 2.24) is 5.32 Å². The third-order valence-electron chi connectivity index (χ3n) is 2.80. The van der Waals surface area contributed by atoms with E-state index in [0.717, 1.165) is 5.56 Å². The Morgan fingerprint density at radius 1 is 1.50 bits per heavy atom. The van der Waals surface area contributed by atoms with E-state index in [9.17, 15) is 15.2 Å². The Hall–Kier alpha value is -1.17.